The van der Waals surface area contributed by atoms with Crippen LogP contribution in [0.25, 0.3) is 20.9 Å². The molecule has 0 N–H and O–H groups in total. The number of nitrogens with zero attached hydrogens (tertiary/aromatic N) is 4. The largest absolute Gasteiger partial charge is 0.339 e. The molecule has 4 aromatic rings. The predicted octanol–water partition coefficient (Wildman–Crippen LogP) is 4.39. The van der Waals surface area contributed by atoms with Crippen LogP contribution < -0.4 is 4.90 Å². The SMILES string of the molecule is CCN(C(=O)CCc1nc(-c2cccs2)no1)c1nc2ccccc2s1. The van der Waals surface area contributed by atoms with Crippen LogP contribution in [0.4, 0.5) is 5.13 Å². The molecule has 1 aromatic carbocycles. The maximum Gasteiger partial charge on any atom is 0.229 e. The number of thiazole rings is 1. The summed E-state index contributed by atoms with van der Waals surface area (Å²) in [5.74, 6) is 1.05. The summed E-state index contributed by atoms with van der Waals surface area (Å²) in [4.78, 5) is 24.3. The van der Waals surface area contributed by atoms with Crippen LogP contribution in [0.15, 0.2) is 46.3 Å². The lowest BCUT2D eigenvalue weighted by atomic mass is 10.3. The van der Waals surface area contributed by atoms with E-state index in [1.807, 2.05) is 48.7 Å². The first-order valence-electron chi connectivity index (χ1n) is 8.27. The summed E-state index contributed by atoms with van der Waals surface area (Å²) in [6, 6.07) is 11.8. The van der Waals surface area contributed by atoms with Crippen molar-refractivity contribution in [1.29, 1.82) is 0 Å². The van der Waals surface area contributed by atoms with Gasteiger partial charge in [0.1, 0.15) is 0 Å². The third-order valence-electron chi connectivity index (χ3n) is 3.89. The van der Waals surface area contributed by atoms with Crippen LogP contribution in [0.3, 0.4) is 0 Å². The average molecular weight is 384 g/mol. The Bertz CT molecular complexity index is 990. The molecule has 4 rings (SSSR count). The van der Waals surface area contributed by atoms with Gasteiger partial charge in [-0.15, -0.1) is 11.3 Å². The molecular weight excluding hydrogens is 368 g/mol. The van der Waals surface area contributed by atoms with E-state index in [1.165, 1.54) is 11.3 Å². The molecule has 3 heterocycles. The molecule has 0 saturated heterocycles. The number of carbonyl (C=O) groups is 1. The minimum atomic E-state index is 0.00225. The first-order chi connectivity index (χ1) is 12.7. The number of para-hydroxylation sites is 1. The number of fused-ring (bicyclic) bond motifs is 1. The van der Waals surface area contributed by atoms with Gasteiger partial charge >= 0.3 is 0 Å². The van der Waals surface area contributed by atoms with Gasteiger partial charge in [-0.3, -0.25) is 9.69 Å². The molecule has 0 aliphatic carbocycles. The number of aromatic nitrogens is 3. The van der Waals surface area contributed by atoms with Crippen molar-refractivity contribution >= 4 is 43.9 Å². The van der Waals surface area contributed by atoms with Gasteiger partial charge in [-0.2, -0.15) is 4.98 Å². The fourth-order valence-corrected chi connectivity index (χ4v) is 4.30. The van der Waals surface area contributed by atoms with Gasteiger partial charge in [0.15, 0.2) is 5.13 Å². The van der Waals surface area contributed by atoms with Gasteiger partial charge < -0.3 is 4.52 Å². The highest BCUT2D eigenvalue weighted by Gasteiger charge is 2.19. The van der Waals surface area contributed by atoms with Gasteiger partial charge in [0, 0.05) is 19.4 Å². The van der Waals surface area contributed by atoms with Crippen LogP contribution in [0.1, 0.15) is 19.2 Å². The van der Waals surface area contributed by atoms with E-state index in [1.54, 1.807) is 16.2 Å². The molecule has 0 radical (unpaired) electrons. The number of amides is 1. The smallest absolute Gasteiger partial charge is 0.229 e. The van der Waals surface area contributed by atoms with E-state index in [2.05, 4.69) is 15.1 Å². The molecule has 132 valence electrons. The zero-order valence-electron chi connectivity index (χ0n) is 14.1. The molecule has 26 heavy (non-hydrogen) atoms. The van der Waals surface area contributed by atoms with E-state index < -0.39 is 0 Å². The molecule has 1 amide bonds. The number of aryl methyl sites for hydroxylation is 1. The number of hydrogen-bond acceptors (Lipinski definition) is 7. The number of carbonyl (C=O) groups excluding carboxylic acids is 1. The van der Waals surface area contributed by atoms with E-state index in [9.17, 15) is 4.79 Å². The van der Waals surface area contributed by atoms with E-state index >= 15 is 0 Å². The highest BCUT2D eigenvalue weighted by Crippen LogP contribution is 2.29. The Morgan fingerprint density at radius 1 is 1.19 bits per heavy atom. The van der Waals surface area contributed by atoms with Crippen molar-refractivity contribution in [2.45, 2.75) is 19.8 Å². The van der Waals surface area contributed by atoms with Crippen LogP contribution in [0, 0.1) is 0 Å². The third kappa shape index (κ3) is 3.38. The lowest BCUT2D eigenvalue weighted by Crippen LogP contribution is -2.30. The van der Waals surface area contributed by atoms with Crippen LogP contribution in [0.5, 0.6) is 0 Å². The maximum absolute atomic E-state index is 12.7. The normalized spacial score (nSPS) is 11.1. The Labute approximate surface area is 158 Å². The van der Waals surface area contributed by atoms with Gasteiger partial charge in [-0.25, -0.2) is 4.98 Å². The Hall–Kier alpha value is -2.58. The number of benzene rings is 1. The number of hydrogen-bond donors (Lipinski definition) is 0. The monoisotopic (exact) mass is 384 g/mol. The van der Waals surface area contributed by atoms with Crippen molar-refractivity contribution in [3.05, 3.63) is 47.7 Å². The fraction of sp³-hybridized carbons (Fsp3) is 0.222. The van der Waals surface area contributed by atoms with Gasteiger partial charge in [0.05, 0.1) is 15.1 Å². The standard InChI is InChI=1S/C18H16N4O2S2/c1-2-22(18-19-12-6-3-4-7-13(12)26-18)16(23)10-9-15-20-17(21-24-15)14-8-5-11-25-14/h3-8,11H,2,9-10H2,1H3. The minimum absolute atomic E-state index is 0.00225. The van der Waals surface area contributed by atoms with Gasteiger partial charge in [0.25, 0.3) is 0 Å². The van der Waals surface area contributed by atoms with Crippen LogP contribution >= 0.6 is 22.7 Å². The Morgan fingerprint density at radius 3 is 2.85 bits per heavy atom. The van der Waals surface area contributed by atoms with Crippen molar-refractivity contribution in [2.75, 3.05) is 11.4 Å². The van der Waals surface area contributed by atoms with Crippen molar-refractivity contribution in [3.8, 4) is 10.7 Å². The van der Waals surface area contributed by atoms with E-state index in [-0.39, 0.29) is 5.91 Å². The molecule has 0 bridgehead atoms. The first kappa shape index (κ1) is 16.9. The summed E-state index contributed by atoms with van der Waals surface area (Å²) in [6.45, 7) is 2.52. The molecule has 0 fully saturated rings. The Morgan fingerprint density at radius 2 is 2.08 bits per heavy atom. The van der Waals surface area contributed by atoms with Crippen LogP contribution in [-0.4, -0.2) is 27.6 Å². The molecule has 8 heteroatoms. The summed E-state index contributed by atoms with van der Waals surface area (Å²) in [6.07, 6.45) is 0.717. The van der Waals surface area contributed by atoms with E-state index in [0.717, 1.165) is 20.2 Å². The topological polar surface area (TPSA) is 72.1 Å². The van der Waals surface area contributed by atoms with Crippen molar-refractivity contribution in [2.24, 2.45) is 0 Å². The lowest BCUT2D eigenvalue weighted by molar-refractivity contribution is -0.118. The minimum Gasteiger partial charge on any atom is -0.339 e. The van der Waals surface area contributed by atoms with Crippen LogP contribution in [0.2, 0.25) is 0 Å². The third-order valence-corrected chi connectivity index (χ3v) is 5.82. The maximum atomic E-state index is 12.7. The zero-order chi connectivity index (χ0) is 17.9. The second-order valence-electron chi connectivity index (χ2n) is 5.59. The molecular formula is C18H16N4O2S2. The molecule has 3 aromatic heterocycles. The highest BCUT2D eigenvalue weighted by atomic mass is 32.1. The summed E-state index contributed by atoms with van der Waals surface area (Å²) >= 11 is 3.08. The van der Waals surface area contributed by atoms with Crippen molar-refractivity contribution in [1.82, 2.24) is 15.1 Å². The van der Waals surface area contributed by atoms with E-state index in [4.69, 9.17) is 4.52 Å². The molecule has 0 aliphatic heterocycles. The van der Waals surface area contributed by atoms with Gasteiger partial charge in [0.2, 0.25) is 17.6 Å². The van der Waals surface area contributed by atoms with E-state index in [0.29, 0.717) is 31.1 Å². The molecule has 6 nitrogen and oxygen atoms in total. The summed E-state index contributed by atoms with van der Waals surface area (Å²) in [5.41, 5.74) is 0.913. The predicted molar refractivity (Wildman–Crippen MR) is 104 cm³/mol. The molecule has 0 spiro atoms. The first-order valence-corrected chi connectivity index (χ1v) is 9.96. The highest BCUT2D eigenvalue weighted by molar-refractivity contribution is 7.22. The fourth-order valence-electron chi connectivity index (χ4n) is 2.60. The quantitative estimate of drug-likeness (QED) is 0.493. The van der Waals surface area contributed by atoms with Crippen molar-refractivity contribution in [3.63, 3.8) is 0 Å². The number of thiophene rings is 1. The second kappa shape index (κ2) is 7.35. The summed E-state index contributed by atoms with van der Waals surface area (Å²) in [5, 5.41) is 6.67. The van der Waals surface area contributed by atoms with Gasteiger partial charge in [-0.05, 0) is 30.5 Å². The second-order valence-corrected chi connectivity index (χ2v) is 7.55. The molecule has 0 unspecified atom stereocenters. The average Bonchev–Trinajstić information content (AvgIpc) is 3.39. The van der Waals surface area contributed by atoms with Crippen molar-refractivity contribution < 1.29 is 9.32 Å². The lowest BCUT2D eigenvalue weighted by Gasteiger charge is -2.16. The van der Waals surface area contributed by atoms with Gasteiger partial charge in [-0.1, -0.05) is 34.7 Å². The zero-order valence-corrected chi connectivity index (χ0v) is 15.7. The number of rotatable bonds is 6. The molecule has 0 aliphatic rings. The number of anilines is 1. The van der Waals surface area contributed by atoms with Crippen LogP contribution in [-0.2, 0) is 11.2 Å². The summed E-state index contributed by atoms with van der Waals surface area (Å²) < 4.78 is 6.34. The molecule has 0 atom stereocenters. The summed E-state index contributed by atoms with van der Waals surface area (Å²) in [7, 11) is 0. The molecule has 0 saturated carbocycles. The Kier molecular flexibility index (Phi) is 4.77. The Balaban J connectivity index is 1.44.